The van der Waals surface area contributed by atoms with E-state index in [9.17, 15) is 4.79 Å². The molecule has 0 aliphatic heterocycles. The lowest BCUT2D eigenvalue weighted by Gasteiger charge is -2.36. The first-order valence-electron chi connectivity index (χ1n) is 8.21. The van der Waals surface area contributed by atoms with Crippen molar-refractivity contribution >= 4 is 5.97 Å². The zero-order valence-electron chi connectivity index (χ0n) is 14.2. The van der Waals surface area contributed by atoms with Gasteiger partial charge in [-0.2, -0.15) is 0 Å². The Bertz CT molecular complexity index is 469. The molecule has 0 heterocycles. The van der Waals surface area contributed by atoms with E-state index in [-0.39, 0.29) is 29.5 Å². The van der Waals surface area contributed by atoms with Crippen LogP contribution in [0.2, 0.25) is 0 Å². The fourth-order valence-corrected chi connectivity index (χ4v) is 3.28. The molecule has 1 fully saturated rings. The molecule has 0 bridgehead atoms. The van der Waals surface area contributed by atoms with Gasteiger partial charge in [0.2, 0.25) is 0 Å². The van der Waals surface area contributed by atoms with Crippen molar-refractivity contribution in [2.45, 2.75) is 58.7 Å². The lowest BCUT2D eigenvalue weighted by molar-refractivity contribution is -0.161. The Morgan fingerprint density at radius 1 is 1.14 bits per heavy atom. The molecule has 0 N–H and O–H groups in total. The van der Waals surface area contributed by atoms with Crippen LogP contribution in [-0.4, -0.2) is 19.2 Å². The summed E-state index contributed by atoms with van der Waals surface area (Å²) in [5, 5.41) is 0. The van der Waals surface area contributed by atoms with E-state index in [1.807, 2.05) is 30.3 Å². The molecule has 0 saturated heterocycles. The Labute approximate surface area is 134 Å². The Balaban J connectivity index is 2.33. The van der Waals surface area contributed by atoms with Crippen molar-refractivity contribution in [3.63, 3.8) is 0 Å². The van der Waals surface area contributed by atoms with Crippen LogP contribution < -0.4 is 0 Å². The van der Waals surface area contributed by atoms with E-state index in [4.69, 9.17) is 9.47 Å². The minimum atomic E-state index is -0.319. The van der Waals surface area contributed by atoms with Gasteiger partial charge in [-0.25, -0.2) is 0 Å². The predicted octanol–water partition coefficient (Wildman–Crippen LogP) is 4.52. The number of benzene rings is 1. The van der Waals surface area contributed by atoms with Crippen LogP contribution in [0.15, 0.2) is 30.3 Å². The van der Waals surface area contributed by atoms with Crippen molar-refractivity contribution in [2.75, 3.05) is 7.11 Å². The van der Waals surface area contributed by atoms with Gasteiger partial charge in [-0.15, -0.1) is 0 Å². The first-order valence-corrected chi connectivity index (χ1v) is 8.21. The zero-order valence-corrected chi connectivity index (χ0v) is 14.2. The fraction of sp³-hybridized carbons (Fsp3) is 0.632. The van der Waals surface area contributed by atoms with Crippen LogP contribution in [0.25, 0.3) is 0 Å². The summed E-state index contributed by atoms with van der Waals surface area (Å²) < 4.78 is 11.5. The van der Waals surface area contributed by atoms with Gasteiger partial charge in [0.05, 0.1) is 25.2 Å². The summed E-state index contributed by atoms with van der Waals surface area (Å²) in [6.45, 7) is 6.22. The fourth-order valence-electron chi connectivity index (χ4n) is 3.28. The number of esters is 1. The molecule has 2 atom stereocenters. The van der Waals surface area contributed by atoms with E-state index in [1.54, 1.807) is 0 Å². The molecule has 0 spiro atoms. The zero-order chi connectivity index (χ0) is 16.2. The maximum Gasteiger partial charge on any atom is 0.312 e. The Hall–Kier alpha value is -1.35. The summed E-state index contributed by atoms with van der Waals surface area (Å²) in [6, 6.07) is 10.1. The summed E-state index contributed by atoms with van der Waals surface area (Å²) in [5.74, 6) is -0.514. The van der Waals surface area contributed by atoms with Crippen molar-refractivity contribution in [3.05, 3.63) is 35.9 Å². The summed E-state index contributed by atoms with van der Waals surface area (Å²) in [7, 11) is 1.46. The summed E-state index contributed by atoms with van der Waals surface area (Å²) in [6.07, 6.45) is 4.59. The summed E-state index contributed by atoms with van der Waals surface area (Å²) >= 11 is 0. The lowest BCUT2D eigenvalue weighted by Crippen LogP contribution is -2.37. The van der Waals surface area contributed by atoms with E-state index < -0.39 is 0 Å². The summed E-state index contributed by atoms with van der Waals surface area (Å²) in [5.41, 5.74) is 0.825. The van der Waals surface area contributed by atoms with Crippen LogP contribution in [-0.2, 0) is 14.3 Å². The topological polar surface area (TPSA) is 35.5 Å². The number of ether oxygens (including phenoxy) is 2. The van der Waals surface area contributed by atoms with E-state index in [2.05, 4.69) is 20.8 Å². The van der Waals surface area contributed by atoms with Gasteiger partial charge in [0.15, 0.2) is 0 Å². The van der Waals surface area contributed by atoms with Crippen molar-refractivity contribution < 1.29 is 14.3 Å². The Kier molecular flexibility index (Phi) is 5.63. The maximum atomic E-state index is 12.4. The second-order valence-corrected chi connectivity index (χ2v) is 7.24. The maximum absolute atomic E-state index is 12.4. The Morgan fingerprint density at radius 2 is 1.73 bits per heavy atom. The highest BCUT2D eigenvalue weighted by molar-refractivity contribution is 5.74. The average molecular weight is 304 g/mol. The molecule has 1 aromatic rings. The third-order valence-electron chi connectivity index (χ3n) is 4.46. The molecule has 1 aromatic carbocycles. The second-order valence-electron chi connectivity index (χ2n) is 7.24. The molecule has 0 radical (unpaired) electrons. The second kappa shape index (κ2) is 7.28. The molecule has 1 aliphatic carbocycles. The van der Waals surface area contributed by atoms with Gasteiger partial charge in [0.25, 0.3) is 0 Å². The number of hydrogen-bond donors (Lipinski definition) is 0. The number of methoxy groups -OCH3 is 1. The van der Waals surface area contributed by atoms with E-state index in [0.29, 0.717) is 0 Å². The minimum absolute atomic E-state index is 0.195. The van der Waals surface area contributed by atoms with Crippen LogP contribution in [0.4, 0.5) is 0 Å². The van der Waals surface area contributed by atoms with Crippen LogP contribution in [0.3, 0.4) is 0 Å². The molecule has 0 unspecified atom stereocenters. The van der Waals surface area contributed by atoms with Gasteiger partial charge in [-0.1, -0.05) is 63.9 Å². The molecule has 0 amide bonds. The highest BCUT2D eigenvalue weighted by atomic mass is 16.5. The van der Waals surface area contributed by atoms with Gasteiger partial charge >= 0.3 is 5.97 Å². The predicted molar refractivity (Wildman–Crippen MR) is 87.5 cm³/mol. The molecule has 0 aromatic heterocycles. The van der Waals surface area contributed by atoms with Gasteiger partial charge in [0.1, 0.15) is 0 Å². The van der Waals surface area contributed by atoms with Crippen molar-refractivity contribution in [3.8, 4) is 0 Å². The SMILES string of the molecule is COC(=O)[C@H]([C@@H](OC1CCCC1)c1ccccc1)C(C)(C)C. The number of carbonyl (C=O) groups excluding carboxylic acids is 1. The van der Waals surface area contributed by atoms with Crippen molar-refractivity contribution in [2.24, 2.45) is 11.3 Å². The highest BCUT2D eigenvalue weighted by Crippen LogP contribution is 2.41. The number of rotatable bonds is 5. The average Bonchev–Trinajstić information content (AvgIpc) is 2.99. The van der Waals surface area contributed by atoms with E-state index in [1.165, 1.54) is 20.0 Å². The summed E-state index contributed by atoms with van der Waals surface area (Å²) in [4.78, 5) is 12.4. The molecule has 3 heteroatoms. The largest absolute Gasteiger partial charge is 0.469 e. The third kappa shape index (κ3) is 4.10. The Morgan fingerprint density at radius 3 is 2.23 bits per heavy atom. The first-order chi connectivity index (χ1) is 10.4. The molecule has 122 valence electrons. The molecule has 2 rings (SSSR count). The molecular weight excluding hydrogens is 276 g/mol. The quantitative estimate of drug-likeness (QED) is 0.750. The van der Waals surface area contributed by atoms with Crippen molar-refractivity contribution in [1.82, 2.24) is 0 Å². The van der Waals surface area contributed by atoms with Crippen molar-refractivity contribution in [1.29, 1.82) is 0 Å². The van der Waals surface area contributed by atoms with E-state index >= 15 is 0 Å². The molecule has 3 nitrogen and oxygen atoms in total. The number of hydrogen-bond acceptors (Lipinski definition) is 3. The van der Waals surface area contributed by atoms with Gasteiger partial charge in [-0.05, 0) is 23.8 Å². The van der Waals surface area contributed by atoms with Crippen LogP contribution in [0, 0.1) is 11.3 Å². The number of carbonyl (C=O) groups is 1. The van der Waals surface area contributed by atoms with Crippen LogP contribution in [0.5, 0.6) is 0 Å². The standard InChI is InChI=1S/C19H28O3/c1-19(2,3)16(18(20)21-4)17(14-10-6-5-7-11-14)22-15-12-8-9-13-15/h5-7,10-11,15-17H,8-9,12-13H2,1-4H3/t16-,17-/m0/s1. The third-order valence-corrected chi connectivity index (χ3v) is 4.46. The molecular formula is C19H28O3. The van der Waals surface area contributed by atoms with E-state index in [0.717, 1.165) is 18.4 Å². The minimum Gasteiger partial charge on any atom is -0.469 e. The monoisotopic (exact) mass is 304 g/mol. The van der Waals surface area contributed by atoms with Gasteiger partial charge in [0, 0.05) is 0 Å². The van der Waals surface area contributed by atoms with Crippen LogP contribution in [0.1, 0.15) is 58.1 Å². The lowest BCUT2D eigenvalue weighted by atomic mass is 9.75. The smallest absolute Gasteiger partial charge is 0.312 e. The van der Waals surface area contributed by atoms with Crippen LogP contribution >= 0.6 is 0 Å². The normalized spacial score (nSPS) is 18.9. The highest BCUT2D eigenvalue weighted by Gasteiger charge is 2.41. The molecule has 1 saturated carbocycles. The molecule has 1 aliphatic rings. The van der Waals surface area contributed by atoms with Gasteiger partial charge in [-0.3, -0.25) is 4.79 Å². The van der Waals surface area contributed by atoms with Gasteiger partial charge < -0.3 is 9.47 Å². The molecule has 22 heavy (non-hydrogen) atoms. The first kappa shape index (κ1) is 17.0.